The Morgan fingerprint density at radius 3 is 2.70 bits per heavy atom. The summed E-state index contributed by atoms with van der Waals surface area (Å²) >= 11 is 0. The van der Waals surface area contributed by atoms with Crippen LogP contribution in [0.2, 0.25) is 0 Å². The summed E-state index contributed by atoms with van der Waals surface area (Å²) in [4.78, 5) is 0.262. The molecule has 20 heavy (non-hydrogen) atoms. The topological polar surface area (TPSA) is 64.6 Å². The van der Waals surface area contributed by atoms with E-state index in [4.69, 9.17) is 9.47 Å². The van der Waals surface area contributed by atoms with E-state index in [1.54, 1.807) is 13.0 Å². The SMILES string of the molecule is COc1cc(S(=O)(=O)NC[C@@H]2CCCO2)c(C)cc1C. The normalized spacial score (nSPS) is 19.2. The first-order valence-electron chi connectivity index (χ1n) is 6.70. The molecule has 0 radical (unpaired) electrons. The van der Waals surface area contributed by atoms with E-state index in [1.165, 1.54) is 7.11 Å². The van der Waals surface area contributed by atoms with Crippen molar-refractivity contribution in [1.29, 1.82) is 0 Å². The maximum atomic E-state index is 12.4. The van der Waals surface area contributed by atoms with Crippen molar-refractivity contribution in [3.05, 3.63) is 23.3 Å². The van der Waals surface area contributed by atoms with Crippen LogP contribution in [0.25, 0.3) is 0 Å². The minimum absolute atomic E-state index is 0.0163. The smallest absolute Gasteiger partial charge is 0.241 e. The lowest BCUT2D eigenvalue weighted by atomic mass is 10.1. The zero-order valence-electron chi connectivity index (χ0n) is 12.1. The van der Waals surface area contributed by atoms with E-state index < -0.39 is 10.0 Å². The van der Waals surface area contributed by atoms with Gasteiger partial charge in [-0.25, -0.2) is 13.1 Å². The Balaban J connectivity index is 2.19. The molecule has 0 amide bonds. The Morgan fingerprint density at radius 1 is 1.35 bits per heavy atom. The number of benzene rings is 1. The third-order valence-corrected chi connectivity index (χ3v) is 5.07. The molecule has 0 unspecified atom stereocenters. The predicted molar refractivity (Wildman–Crippen MR) is 76.6 cm³/mol. The molecule has 1 aliphatic rings. The minimum atomic E-state index is -3.54. The van der Waals surface area contributed by atoms with Crippen LogP contribution in [0.4, 0.5) is 0 Å². The van der Waals surface area contributed by atoms with Crippen molar-refractivity contribution >= 4 is 10.0 Å². The summed E-state index contributed by atoms with van der Waals surface area (Å²) in [7, 11) is -2.00. The number of hydrogen-bond acceptors (Lipinski definition) is 4. The van der Waals surface area contributed by atoms with E-state index in [1.807, 2.05) is 13.0 Å². The Morgan fingerprint density at radius 2 is 2.10 bits per heavy atom. The van der Waals surface area contributed by atoms with E-state index in [0.29, 0.717) is 24.5 Å². The van der Waals surface area contributed by atoms with Crippen LogP contribution in [-0.2, 0) is 14.8 Å². The molecule has 0 aliphatic carbocycles. The van der Waals surface area contributed by atoms with Gasteiger partial charge in [-0.3, -0.25) is 0 Å². The Bertz CT molecular complexity index is 577. The van der Waals surface area contributed by atoms with Gasteiger partial charge in [0.2, 0.25) is 10.0 Å². The van der Waals surface area contributed by atoms with E-state index in [0.717, 1.165) is 18.4 Å². The van der Waals surface area contributed by atoms with Crippen molar-refractivity contribution < 1.29 is 17.9 Å². The molecule has 1 saturated heterocycles. The molecular weight excluding hydrogens is 278 g/mol. The molecule has 1 N–H and O–H groups in total. The first kappa shape index (κ1) is 15.3. The molecule has 1 aromatic rings. The number of aryl methyl sites for hydroxylation is 2. The number of rotatable bonds is 5. The Hall–Kier alpha value is -1.11. The minimum Gasteiger partial charge on any atom is -0.496 e. The quantitative estimate of drug-likeness (QED) is 0.900. The Kier molecular flexibility index (Phi) is 4.67. The van der Waals surface area contributed by atoms with Gasteiger partial charge in [-0.05, 0) is 37.8 Å². The van der Waals surface area contributed by atoms with Crippen molar-refractivity contribution in [2.45, 2.75) is 37.7 Å². The molecule has 1 heterocycles. The van der Waals surface area contributed by atoms with Gasteiger partial charge in [0.15, 0.2) is 0 Å². The van der Waals surface area contributed by atoms with Gasteiger partial charge in [0.1, 0.15) is 5.75 Å². The lowest BCUT2D eigenvalue weighted by Crippen LogP contribution is -2.32. The molecule has 2 rings (SSSR count). The molecule has 0 saturated carbocycles. The fourth-order valence-corrected chi connectivity index (χ4v) is 3.71. The zero-order valence-corrected chi connectivity index (χ0v) is 12.9. The summed E-state index contributed by atoms with van der Waals surface area (Å²) < 4.78 is 38.0. The number of methoxy groups -OCH3 is 1. The number of ether oxygens (including phenoxy) is 2. The van der Waals surface area contributed by atoms with Crippen LogP contribution >= 0.6 is 0 Å². The van der Waals surface area contributed by atoms with Crippen molar-refractivity contribution in [1.82, 2.24) is 4.72 Å². The van der Waals surface area contributed by atoms with Crippen LogP contribution in [-0.4, -0.2) is 34.8 Å². The van der Waals surface area contributed by atoms with Crippen molar-refractivity contribution in [2.75, 3.05) is 20.3 Å². The van der Waals surface area contributed by atoms with Gasteiger partial charge in [0, 0.05) is 19.2 Å². The summed E-state index contributed by atoms with van der Waals surface area (Å²) in [6, 6.07) is 3.39. The van der Waals surface area contributed by atoms with E-state index >= 15 is 0 Å². The zero-order chi connectivity index (χ0) is 14.8. The van der Waals surface area contributed by atoms with Gasteiger partial charge in [0.05, 0.1) is 18.1 Å². The highest BCUT2D eigenvalue weighted by Crippen LogP contribution is 2.25. The molecule has 1 atom stereocenters. The van der Waals surface area contributed by atoms with Crippen molar-refractivity contribution in [3.63, 3.8) is 0 Å². The first-order valence-corrected chi connectivity index (χ1v) is 8.19. The second-order valence-electron chi connectivity index (χ2n) is 5.07. The van der Waals surface area contributed by atoms with Gasteiger partial charge >= 0.3 is 0 Å². The molecule has 112 valence electrons. The van der Waals surface area contributed by atoms with Crippen LogP contribution in [0.15, 0.2) is 17.0 Å². The van der Waals surface area contributed by atoms with Gasteiger partial charge in [-0.1, -0.05) is 6.07 Å². The highest BCUT2D eigenvalue weighted by molar-refractivity contribution is 7.89. The summed E-state index contributed by atoms with van der Waals surface area (Å²) in [6.07, 6.45) is 1.88. The monoisotopic (exact) mass is 299 g/mol. The molecule has 0 aromatic heterocycles. The van der Waals surface area contributed by atoms with Crippen LogP contribution < -0.4 is 9.46 Å². The third-order valence-electron chi connectivity index (χ3n) is 3.51. The highest BCUT2D eigenvalue weighted by Gasteiger charge is 2.22. The van der Waals surface area contributed by atoms with E-state index in [-0.39, 0.29) is 11.0 Å². The molecule has 1 aromatic carbocycles. The summed E-state index contributed by atoms with van der Waals surface area (Å²) in [5, 5.41) is 0. The summed E-state index contributed by atoms with van der Waals surface area (Å²) in [5.74, 6) is 0.577. The fourth-order valence-electron chi connectivity index (χ4n) is 2.41. The average molecular weight is 299 g/mol. The van der Waals surface area contributed by atoms with Crippen LogP contribution in [0.1, 0.15) is 24.0 Å². The molecule has 0 bridgehead atoms. The summed E-state index contributed by atoms with van der Waals surface area (Å²) in [5.41, 5.74) is 1.63. The molecular formula is C14H21NO4S. The molecule has 6 heteroatoms. The molecule has 5 nitrogen and oxygen atoms in total. The predicted octanol–water partition coefficient (Wildman–Crippen LogP) is 1.77. The van der Waals surface area contributed by atoms with Crippen LogP contribution in [0.3, 0.4) is 0 Å². The highest BCUT2D eigenvalue weighted by atomic mass is 32.2. The van der Waals surface area contributed by atoms with E-state index in [2.05, 4.69) is 4.72 Å². The maximum absolute atomic E-state index is 12.4. The maximum Gasteiger partial charge on any atom is 0.241 e. The van der Waals surface area contributed by atoms with Gasteiger partial charge in [0.25, 0.3) is 0 Å². The average Bonchev–Trinajstić information content (AvgIpc) is 2.89. The van der Waals surface area contributed by atoms with Crippen LogP contribution in [0, 0.1) is 13.8 Å². The second-order valence-corrected chi connectivity index (χ2v) is 6.81. The van der Waals surface area contributed by atoms with Crippen molar-refractivity contribution in [3.8, 4) is 5.75 Å². The number of nitrogens with one attached hydrogen (secondary N) is 1. The second kappa shape index (κ2) is 6.11. The largest absolute Gasteiger partial charge is 0.496 e. The summed E-state index contributed by atoms with van der Waals surface area (Å²) in [6.45, 7) is 4.71. The van der Waals surface area contributed by atoms with Gasteiger partial charge in [-0.15, -0.1) is 0 Å². The van der Waals surface area contributed by atoms with Crippen LogP contribution in [0.5, 0.6) is 5.75 Å². The third kappa shape index (κ3) is 3.31. The van der Waals surface area contributed by atoms with Crippen molar-refractivity contribution in [2.24, 2.45) is 0 Å². The van der Waals surface area contributed by atoms with E-state index in [9.17, 15) is 8.42 Å². The molecule has 1 aliphatic heterocycles. The first-order chi connectivity index (χ1) is 9.44. The lowest BCUT2D eigenvalue weighted by molar-refractivity contribution is 0.114. The van der Waals surface area contributed by atoms with Gasteiger partial charge in [-0.2, -0.15) is 0 Å². The Labute approximate surface area is 120 Å². The molecule has 1 fully saturated rings. The standard InChI is InChI=1S/C14H21NO4S/c1-10-7-11(2)14(8-13(10)18-3)20(16,17)15-9-12-5-4-6-19-12/h7-8,12,15H,4-6,9H2,1-3H3/t12-/m0/s1. The number of hydrogen-bond donors (Lipinski definition) is 1. The van der Waals surface area contributed by atoms with Gasteiger partial charge < -0.3 is 9.47 Å². The number of sulfonamides is 1. The lowest BCUT2D eigenvalue weighted by Gasteiger charge is -2.14. The fraction of sp³-hybridized carbons (Fsp3) is 0.571. The molecule has 0 spiro atoms.